The number of ketones is 1. The molecule has 0 atom stereocenters. The number of hydrogen-bond acceptors (Lipinski definition) is 4. The van der Waals surface area contributed by atoms with E-state index >= 15 is 0 Å². The van der Waals surface area contributed by atoms with Gasteiger partial charge >= 0.3 is 0 Å². The topological polar surface area (TPSA) is 77.6 Å². The molecule has 1 aromatic carbocycles. The van der Waals surface area contributed by atoms with Crippen LogP contribution < -0.4 is 10.1 Å². The van der Waals surface area contributed by atoms with Crippen LogP contribution in [-0.4, -0.2) is 33.0 Å². The second-order valence-corrected chi connectivity index (χ2v) is 7.18. The van der Waals surface area contributed by atoms with Gasteiger partial charge in [0, 0.05) is 42.1 Å². The highest BCUT2D eigenvalue weighted by Gasteiger charge is 2.21. The number of nitrogens with one attached hydrogen (secondary N) is 1. The molecule has 0 fully saturated rings. The standard InChI is InChI=1S/C20H17BrN4O3/c1-11(26)15-10-25-7-6-13(28-3)9-17(25)18(15)20(27)22-12-4-5-14-16(8-12)24(2)23-19(14)21/h4-10H,1-3H3,(H,22,27). The van der Waals surface area contributed by atoms with E-state index in [1.807, 2.05) is 19.2 Å². The van der Waals surface area contributed by atoms with Gasteiger partial charge in [-0.25, -0.2) is 0 Å². The molecular weight excluding hydrogens is 424 g/mol. The first-order chi connectivity index (χ1) is 13.4. The van der Waals surface area contributed by atoms with Crippen molar-refractivity contribution in [3.63, 3.8) is 0 Å². The SMILES string of the molecule is COc1ccn2cc(C(C)=O)c(C(=O)Nc3ccc4c(Br)nn(C)c4c3)c2c1. The number of ether oxygens (including phenoxy) is 1. The number of methoxy groups -OCH3 is 1. The van der Waals surface area contributed by atoms with Crippen LogP contribution in [0.15, 0.2) is 47.3 Å². The first-order valence-electron chi connectivity index (χ1n) is 8.52. The molecule has 0 unspecified atom stereocenters. The number of aromatic nitrogens is 3. The van der Waals surface area contributed by atoms with Crippen molar-refractivity contribution in [2.45, 2.75) is 6.92 Å². The maximum Gasteiger partial charge on any atom is 0.258 e. The predicted octanol–water partition coefficient (Wildman–Crippen LogP) is 4.05. The van der Waals surface area contributed by atoms with Crippen molar-refractivity contribution in [3.8, 4) is 5.75 Å². The number of Topliss-reactive ketones (excluding diaryl/α,β-unsaturated/α-hetero) is 1. The molecule has 0 aliphatic carbocycles. The third-order valence-corrected chi connectivity index (χ3v) is 5.24. The lowest BCUT2D eigenvalue weighted by Gasteiger charge is -2.08. The van der Waals surface area contributed by atoms with Gasteiger partial charge in [0.25, 0.3) is 5.91 Å². The molecule has 0 bridgehead atoms. The number of fused-ring (bicyclic) bond motifs is 2. The largest absolute Gasteiger partial charge is 0.497 e. The third-order valence-electron chi connectivity index (χ3n) is 4.66. The zero-order valence-corrected chi connectivity index (χ0v) is 17.1. The Morgan fingerprint density at radius 2 is 1.96 bits per heavy atom. The lowest BCUT2D eigenvalue weighted by molar-refractivity contribution is 0.0987. The molecule has 4 aromatic rings. The van der Waals surface area contributed by atoms with Gasteiger partial charge in [-0.1, -0.05) is 0 Å². The van der Waals surface area contributed by atoms with Crippen LogP contribution in [-0.2, 0) is 7.05 Å². The third kappa shape index (κ3) is 2.95. The highest BCUT2D eigenvalue weighted by molar-refractivity contribution is 9.10. The van der Waals surface area contributed by atoms with Crippen molar-refractivity contribution in [3.05, 3.63) is 58.5 Å². The Bertz CT molecular complexity index is 1260. The van der Waals surface area contributed by atoms with Crippen LogP contribution in [0, 0.1) is 0 Å². The molecule has 28 heavy (non-hydrogen) atoms. The van der Waals surface area contributed by atoms with Gasteiger partial charge in [-0.3, -0.25) is 14.3 Å². The van der Waals surface area contributed by atoms with E-state index in [0.29, 0.717) is 28.1 Å². The van der Waals surface area contributed by atoms with Crippen molar-refractivity contribution >= 4 is 49.7 Å². The predicted molar refractivity (Wildman–Crippen MR) is 110 cm³/mol. The van der Waals surface area contributed by atoms with Crippen LogP contribution in [0.2, 0.25) is 0 Å². The minimum Gasteiger partial charge on any atom is -0.497 e. The summed E-state index contributed by atoms with van der Waals surface area (Å²) in [5.74, 6) is 0.0660. The van der Waals surface area contributed by atoms with Crippen molar-refractivity contribution in [2.75, 3.05) is 12.4 Å². The summed E-state index contributed by atoms with van der Waals surface area (Å²) in [6, 6.07) is 9.04. The molecule has 0 aliphatic rings. The zero-order valence-electron chi connectivity index (χ0n) is 15.5. The van der Waals surface area contributed by atoms with Gasteiger partial charge < -0.3 is 14.5 Å². The molecule has 1 N–H and O–H groups in total. The van der Waals surface area contributed by atoms with Gasteiger partial charge in [0.15, 0.2) is 5.78 Å². The molecule has 3 aromatic heterocycles. The number of pyridine rings is 1. The minimum atomic E-state index is -0.360. The van der Waals surface area contributed by atoms with Crippen molar-refractivity contribution in [1.29, 1.82) is 0 Å². The fourth-order valence-corrected chi connectivity index (χ4v) is 3.84. The van der Waals surface area contributed by atoms with Crippen LogP contribution >= 0.6 is 15.9 Å². The van der Waals surface area contributed by atoms with Gasteiger partial charge in [0.2, 0.25) is 0 Å². The molecule has 3 heterocycles. The van der Waals surface area contributed by atoms with Crippen LogP contribution in [0.25, 0.3) is 16.4 Å². The lowest BCUT2D eigenvalue weighted by atomic mass is 10.1. The van der Waals surface area contributed by atoms with Crippen LogP contribution in [0.1, 0.15) is 27.6 Å². The number of halogens is 1. The number of anilines is 1. The first-order valence-corrected chi connectivity index (χ1v) is 9.31. The molecule has 0 saturated carbocycles. The molecule has 0 radical (unpaired) electrons. The maximum absolute atomic E-state index is 13.1. The fourth-order valence-electron chi connectivity index (χ4n) is 3.26. The monoisotopic (exact) mass is 440 g/mol. The van der Waals surface area contributed by atoms with Gasteiger partial charge in [-0.2, -0.15) is 5.10 Å². The Morgan fingerprint density at radius 1 is 1.18 bits per heavy atom. The van der Waals surface area contributed by atoms with E-state index in [2.05, 4.69) is 26.3 Å². The fraction of sp³-hybridized carbons (Fsp3) is 0.150. The number of nitrogens with zero attached hydrogens (tertiary/aromatic N) is 3. The summed E-state index contributed by atoms with van der Waals surface area (Å²) < 4.78 is 9.48. The molecule has 142 valence electrons. The molecule has 0 saturated heterocycles. The van der Waals surface area contributed by atoms with Gasteiger partial charge in [0.05, 0.1) is 23.7 Å². The smallest absolute Gasteiger partial charge is 0.258 e. The molecular formula is C20H17BrN4O3. The molecule has 4 rings (SSSR count). The van der Waals surface area contributed by atoms with Crippen LogP contribution in [0.5, 0.6) is 5.75 Å². The summed E-state index contributed by atoms with van der Waals surface area (Å²) in [5.41, 5.74) is 2.77. The number of benzene rings is 1. The maximum atomic E-state index is 13.1. The highest BCUT2D eigenvalue weighted by Crippen LogP contribution is 2.27. The van der Waals surface area contributed by atoms with Gasteiger partial charge in [-0.05, 0) is 47.1 Å². The summed E-state index contributed by atoms with van der Waals surface area (Å²) in [4.78, 5) is 25.2. The first kappa shape index (κ1) is 18.2. The van der Waals surface area contributed by atoms with Gasteiger partial charge in [-0.15, -0.1) is 0 Å². The Hall–Kier alpha value is -3.13. The summed E-state index contributed by atoms with van der Waals surface area (Å²) >= 11 is 3.42. The molecule has 1 amide bonds. The number of carbonyl (C=O) groups is 2. The van der Waals surface area contributed by atoms with E-state index in [4.69, 9.17) is 4.74 Å². The Labute approximate surface area is 169 Å². The van der Waals surface area contributed by atoms with Crippen molar-refractivity contribution < 1.29 is 14.3 Å². The zero-order chi connectivity index (χ0) is 20.0. The second-order valence-electron chi connectivity index (χ2n) is 6.43. The van der Waals surface area contributed by atoms with E-state index in [0.717, 1.165) is 15.5 Å². The second kappa shape index (κ2) is 6.79. The summed E-state index contributed by atoms with van der Waals surface area (Å²) in [7, 11) is 3.39. The summed E-state index contributed by atoms with van der Waals surface area (Å²) in [6.07, 6.45) is 3.42. The molecule has 0 aliphatic heterocycles. The Balaban J connectivity index is 1.79. The summed E-state index contributed by atoms with van der Waals surface area (Å²) in [6.45, 7) is 1.45. The van der Waals surface area contributed by atoms with E-state index < -0.39 is 0 Å². The summed E-state index contributed by atoms with van der Waals surface area (Å²) in [5, 5.41) is 8.16. The van der Waals surface area contributed by atoms with Crippen molar-refractivity contribution in [1.82, 2.24) is 14.2 Å². The average molecular weight is 441 g/mol. The normalized spacial score (nSPS) is 11.1. The van der Waals surface area contributed by atoms with Crippen LogP contribution in [0.3, 0.4) is 0 Å². The number of carbonyl (C=O) groups excluding carboxylic acids is 2. The molecule has 0 spiro atoms. The van der Waals surface area contributed by atoms with Gasteiger partial charge in [0.1, 0.15) is 10.4 Å². The molecule has 8 heteroatoms. The number of aryl methyl sites for hydroxylation is 1. The Kier molecular flexibility index (Phi) is 4.43. The van der Waals surface area contributed by atoms with Crippen molar-refractivity contribution in [2.24, 2.45) is 7.05 Å². The highest BCUT2D eigenvalue weighted by atomic mass is 79.9. The Morgan fingerprint density at radius 3 is 2.68 bits per heavy atom. The van der Waals surface area contributed by atoms with Crippen LogP contribution in [0.4, 0.5) is 5.69 Å². The van der Waals surface area contributed by atoms with E-state index in [1.165, 1.54) is 6.92 Å². The minimum absolute atomic E-state index is 0.182. The average Bonchev–Trinajstić information content (AvgIpc) is 3.19. The number of amides is 1. The molecule has 7 nitrogen and oxygen atoms in total. The lowest BCUT2D eigenvalue weighted by Crippen LogP contribution is -2.14. The number of hydrogen-bond donors (Lipinski definition) is 1. The van der Waals surface area contributed by atoms with E-state index in [1.54, 1.807) is 46.8 Å². The van der Waals surface area contributed by atoms with E-state index in [9.17, 15) is 9.59 Å². The van der Waals surface area contributed by atoms with E-state index in [-0.39, 0.29) is 11.7 Å². The quantitative estimate of drug-likeness (QED) is 0.485. The number of rotatable bonds is 4.